The van der Waals surface area contributed by atoms with Crippen molar-refractivity contribution >= 4 is 11.9 Å². The van der Waals surface area contributed by atoms with Crippen molar-refractivity contribution in [1.82, 2.24) is 0 Å². The molecule has 0 heterocycles. The number of benzene rings is 2. The van der Waals surface area contributed by atoms with Crippen LogP contribution in [0, 0.1) is 0 Å². The standard InChI is InChI=1S/C16H14O6/c17-11-3-1-5-13(9-11)21-15(19)7-8-16(20)22-14-6-2-4-12(18)10-14/h1-6,9-10,17-18H,7-8H2. The molecule has 2 N–H and O–H groups in total. The van der Waals surface area contributed by atoms with Gasteiger partial charge >= 0.3 is 11.9 Å². The molecule has 0 aromatic heterocycles. The van der Waals surface area contributed by atoms with E-state index in [9.17, 15) is 19.8 Å². The highest BCUT2D eigenvalue weighted by Crippen LogP contribution is 2.19. The molecule has 6 heteroatoms. The Morgan fingerprint density at radius 2 is 1.18 bits per heavy atom. The summed E-state index contributed by atoms with van der Waals surface area (Å²) in [7, 11) is 0. The number of esters is 2. The summed E-state index contributed by atoms with van der Waals surface area (Å²) in [6, 6.07) is 11.6. The van der Waals surface area contributed by atoms with E-state index in [2.05, 4.69) is 0 Å². The quantitative estimate of drug-likeness (QED) is 0.650. The number of aromatic hydroxyl groups is 2. The molecule has 2 aromatic carbocycles. The molecule has 0 aliphatic carbocycles. The fourth-order valence-corrected chi connectivity index (χ4v) is 1.66. The summed E-state index contributed by atoms with van der Waals surface area (Å²) in [4.78, 5) is 23.2. The molecule has 0 aliphatic rings. The average Bonchev–Trinajstić information content (AvgIpc) is 2.45. The minimum absolute atomic E-state index is 0.0198. The smallest absolute Gasteiger partial charge is 0.311 e. The van der Waals surface area contributed by atoms with Gasteiger partial charge in [0, 0.05) is 12.1 Å². The molecular formula is C16H14O6. The van der Waals surface area contributed by atoms with Gasteiger partial charge in [-0.2, -0.15) is 0 Å². The van der Waals surface area contributed by atoms with E-state index < -0.39 is 11.9 Å². The summed E-state index contributed by atoms with van der Waals surface area (Å²) in [5.41, 5.74) is 0. The third-order valence-electron chi connectivity index (χ3n) is 2.63. The lowest BCUT2D eigenvalue weighted by Crippen LogP contribution is -2.14. The maximum absolute atomic E-state index is 11.6. The zero-order valence-electron chi connectivity index (χ0n) is 11.6. The highest BCUT2D eigenvalue weighted by atomic mass is 16.5. The van der Waals surface area contributed by atoms with E-state index >= 15 is 0 Å². The molecular weight excluding hydrogens is 288 g/mol. The van der Waals surface area contributed by atoms with Crippen molar-refractivity contribution in [2.45, 2.75) is 12.8 Å². The second-order valence-corrected chi connectivity index (χ2v) is 4.44. The number of carbonyl (C=O) groups is 2. The molecule has 0 radical (unpaired) electrons. The van der Waals surface area contributed by atoms with Crippen LogP contribution in [0.25, 0.3) is 0 Å². The van der Waals surface area contributed by atoms with Gasteiger partial charge in [-0.1, -0.05) is 12.1 Å². The van der Waals surface area contributed by atoms with Gasteiger partial charge in [-0.05, 0) is 24.3 Å². The predicted molar refractivity (Wildman–Crippen MR) is 76.7 cm³/mol. The third-order valence-corrected chi connectivity index (χ3v) is 2.63. The second-order valence-electron chi connectivity index (χ2n) is 4.44. The first-order valence-corrected chi connectivity index (χ1v) is 6.52. The van der Waals surface area contributed by atoms with E-state index in [4.69, 9.17) is 9.47 Å². The van der Waals surface area contributed by atoms with Crippen molar-refractivity contribution in [1.29, 1.82) is 0 Å². The Labute approximate surface area is 126 Å². The normalized spacial score (nSPS) is 10.0. The average molecular weight is 302 g/mol. The molecule has 2 rings (SSSR count). The van der Waals surface area contributed by atoms with Gasteiger partial charge in [0.25, 0.3) is 0 Å². The second kappa shape index (κ2) is 7.12. The fourth-order valence-electron chi connectivity index (χ4n) is 1.66. The molecule has 0 fully saturated rings. The number of ether oxygens (including phenoxy) is 2. The van der Waals surface area contributed by atoms with Crippen LogP contribution in [0.4, 0.5) is 0 Å². The summed E-state index contributed by atoms with van der Waals surface area (Å²) in [5, 5.41) is 18.5. The first-order chi connectivity index (χ1) is 10.5. The number of phenolic OH excluding ortho intramolecular Hbond substituents is 2. The highest BCUT2D eigenvalue weighted by molar-refractivity contribution is 5.80. The molecule has 0 saturated carbocycles. The van der Waals surface area contributed by atoms with E-state index in [1.54, 1.807) is 0 Å². The SMILES string of the molecule is O=C(CCC(=O)Oc1cccc(O)c1)Oc1cccc(O)c1. The van der Waals surface area contributed by atoms with Crippen molar-refractivity contribution in [2.75, 3.05) is 0 Å². The van der Waals surface area contributed by atoms with E-state index in [1.165, 1.54) is 48.5 Å². The van der Waals surface area contributed by atoms with Gasteiger partial charge < -0.3 is 19.7 Å². The summed E-state index contributed by atoms with van der Waals surface area (Å²) in [6.07, 6.45) is -0.319. The highest BCUT2D eigenvalue weighted by Gasteiger charge is 2.11. The van der Waals surface area contributed by atoms with Gasteiger partial charge in [-0.25, -0.2) is 0 Å². The summed E-state index contributed by atoms with van der Waals surface area (Å²) >= 11 is 0. The summed E-state index contributed by atoms with van der Waals surface area (Å²) in [5.74, 6) is -0.864. The van der Waals surface area contributed by atoms with E-state index in [0.29, 0.717) is 0 Å². The third kappa shape index (κ3) is 4.82. The van der Waals surface area contributed by atoms with Crippen molar-refractivity contribution in [3.8, 4) is 23.0 Å². The first kappa shape index (κ1) is 15.4. The Hall–Kier alpha value is -3.02. The van der Waals surface area contributed by atoms with Gasteiger partial charge in [0.2, 0.25) is 0 Å². The molecule has 0 bridgehead atoms. The Kier molecular flexibility index (Phi) is 4.98. The van der Waals surface area contributed by atoms with Crippen molar-refractivity contribution in [3.63, 3.8) is 0 Å². The van der Waals surface area contributed by atoms with Crippen molar-refractivity contribution in [3.05, 3.63) is 48.5 Å². The van der Waals surface area contributed by atoms with Crippen LogP contribution < -0.4 is 9.47 Å². The van der Waals surface area contributed by atoms with Gasteiger partial charge in [-0.15, -0.1) is 0 Å². The molecule has 2 aromatic rings. The Balaban J connectivity index is 1.79. The lowest BCUT2D eigenvalue weighted by molar-refractivity contribution is -0.140. The number of phenols is 2. The Morgan fingerprint density at radius 1 is 0.773 bits per heavy atom. The van der Waals surface area contributed by atoms with Gasteiger partial charge in [-0.3, -0.25) is 9.59 Å². The largest absolute Gasteiger partial charge is 0.508 e. The topological polar surface area (TPSA) is 93.1 Å². The summed E-state index contributed by atoms with van der Waals surface area (Å²) in [6.45, 7) is 0. The van der Waals surface area contributed by atoms with E-state index in [0.717, 1.165) is 0 Å². The van der Waals surface area contributed by atoms with Crippen molar-refractivity contribution in [2.24, 2.45) is 0 Å². The maximum Gasteiger partial charge on any atom is 0.311 e. The number of carbonyl (C=O) groups excluding carboxylic acids is 2. The van der Waals surface area contributed by atoms with E-state index in [1.807, 2.05) is 0 Å². The number of hydrogen-bond donors (Lipinski definition) is 2. The Morgan fingerprint density at radius 3 is 1.55 bits per heavy atom. The van der Waals surface area contributed by atoms with Crippen LogP contribution in [-0.2, 0) is 9.59 Å². The minimum Gasteiger partial charge on any atom is -0.508 e. The monoisotopic (exact) mass is 302 g/mol. The van der Waals surface area contributed by atoms with Crippen LogP contribution in [0.2, 0.25) is 0 Å². The molecule has 0 spiro atoms. The van der Waals surface area contributed by atoms with Gasteiger partial charge in [0.15, 0.2) is 0 Å². The fraction of sp³-hybridized carbons (Fsp3) is 0.125. The number of rotatable bonds is 5. The minimum atomic E-state index is -0.613. The molecule has 0 unspecified atom stereocenters. The van der Waals surface area contributed by atoms with E-state index in [-0.39, 0.29) is 35.8 Å². The zero-order valence-corrected chi connectivity index (χ0v) is 11.6. The maximum atomic E-state index is 11.6. The Bertz CT molecular complexity index is 620. The molecule has 114 valence electrons. The zero-order chi connectivity index (χ0) is 15.9. The number of hydrogen-bond acceptors (Lipinski definition) is 6. The molecule has 0 saturated heterocycles. The predicted octanol–water partition coefficient (Wildman–Crippen LogP) is 2.39. The molecule has 6 nitrogen and oxygen atoms in total. The lowest BCUT2D eigenvalue weighted by Gasteiger charge is -2.06. The van der Waals surface area contributed by atoms with Crippen LogP contribution in [0.3, 0.4) is 0 Å². The van der Waals surface area contributed by atoms with Crippen LogP contribution in [0.1, 0.15) is 12.8 Å². The van der Waals surface area contributed by atoms with Crippen molar-refractivity contribution < 1.29 is 29.3 Å². The van der Waals surface area contributed by atoms with Gasteiger partial charge in [0.1, 0.15) is 23.0 Å². The van der Waals surface area contributed by atoms with Crippen LogP contribution in [-0.4, -0.2) is 22.2 Å². The molecule has 0 amide bonds. The molecule has 0 aliphatic heterocycles. The van der Waals surface area contributed by atoms with Crippen LogP contribution in [0.15, 0.2) is 48.5 Å². The molecule has 0 atom stereocenters. The summed E-state index contributed by atoms with van der Waals surface area (Å²) < 4.78 is 9.94. The lowest BCUT2D eigenvalue weighted by atomic mass is 10.3. The molecule has 22 heavy (non-hydrogen) atoms. The van der Waals surface area contributed by atoms with Gasteiger partial charge in [0.05, 0.1) is 12.8 Å². The van der Waals surface area contributed by atoms with Crippen LogP contribution in [0.5, 0.6) is 23.0 Å². The van der Waals surface area contributed by atoms with Crippen LogP contribution >= 0.6 is 0 Å². The first-order valence-electron chi connectivity index (χ1n) is 6.52.